The smallest absolute Gasteiger partial charge is 0.0794 e. The van der Waals surface area contributed by atoms with Gasteiger partial charge in [0.2, 0.25) is 0 Å². The van der Waals surface area contributed by atoms with E-state index in [1.54, 1.807) is 0 Å². The Balaban J connectivity index is 1.91. The van der Waals surface area contributed by atoms with Gasteiger partial charge in [0.15, 0.2) is 0 Å². The molecule has 0 fully saturated rings. The molecule has 0 aliphatic heterocycles. The van der Waals surface area contributed by atoms with Crippen molar-refractivity contribution in [1.29, 1.82) is 0 Å². The zero-order valence-electron chi connectivity index (χ0n) is 14.3. The SMILES string of the molecule is c1ccc(-c2cc(-c3ccccc3)c3ccc4ccccc4c3n2)cc1. The molecule has 0 saturated heterocycles. The first-order valence-corrected chi connectivity index (χ1v) is 8.83. The highest BCUT2D eigenvalue weighted by Gasteiger charge is 2.11. The molecule has 0 radical (unpaired) electrons. The van der Waals surface area contributed by atoms with Gasteiger partial charge in [0.25, 0.3) is 0 Å². The third kappa shape index (κ3) is 2.46. The Morgan fingerprint density at radius 1 is 0.500 bits per heavy atom. The highest BCUT2D eigenvalue weighted by atomic mass is 14.7. The molecule has 0 amide bonds. The van der Waals surface area contributed by atoms with E-state index in [0.717, 1.165) is 16.8 Å². The predicted octanol–water partition coefficient (Wildman–Crippen LogP) is 6.72. The number of nitrogens with zero attached hydrogens (tertiary/aromatic N) is 1. The second-order valence-corrected chi connectivity index (χ2v) is 6.47. The van der Waals surface area contributed by atoms with Crippen LogP contribution in [0.3, 0.4) is 0 Å². The van der Waals surface area contributed by atoms with Crippen LogP contribution < -0.4 is 0 Å². The van der Waals surface area contributed by atoms with Crippen LogP contribution in [0, 0.1) is 0 Å². The van der Waals surface area contributed by atoms with Gasteiger partial charge in [0.1, 0.15) is 0 Å². The van der Waals surface area contributed by atoms with Crippen molar-refractivity contribution in [2.45, 2.75) is 0 Å². The van der Waals surface area contributed by atoms with Gasteiger partial charge in [-0.15, -0.1) is 0 Å². The third-order valence-corrected chi connectivity index (χ3v) is 4.86. The van der Waals surface area contributed by atoms with E-state index in [-0.39, 0.29) is 0 Å². The van der Waals surface area contributed by atoms with E-state index in [4.69, 9.17) is 4.98 Å². The summed E-state index contributed by atoms with van der Waals surface area (Å²) in [5, 5.41) is 3.60. The topological polar surface area (TPSA) is 12.9 Å². The molecule has 5 rings (SSSR count). The Labute approximate surface area is 152 Å². The number of benzene rings is 4. The number of hydrogen-bond acceptors (Lipinski definition) is 1. The molecule has 0 aliphatic carbocycles. The van der Waals surface area contributed by atoms with Gasteiger partial charge < -0.3 is 0 Å². The molecule has 4 aromatic carbocycles. The first kappa shape index (κ1) is 14.9. The summed E-state index contributed by atoms with van der Waals surface area (Å²) in [7, 11) is 0. The van der Waals surface area contributed by atoms with Crippen LogP contribution in [0.4, 0.5) is 0 Å². The monoisotopic (exact) mass is 331 g/mol. The second kappa shape index (κ2) is 6.12. The summed E-state index contributed by atoms with van der Waals surface area (Å²) in [5.74, 6) is 0. The van der Waals surface area contributed by atoms with E-state index in [0.29, 0.717) is 0 Å². The van der Waals surface area contributed by atoms with Crippen molar-refractivity contribution in [3.05, 3.63) is 103 Å². The van der Waals surface area contributed by atoms with E-state index in [1.807, 2.05) is 6.07 Å². The molecule has 1 nitrogen and oxygen atoms in total. The van der Waals surface area contributed by atoms with E-state index < -0.39 is 0 Å². The first-order chi connectivity index (χ1) is 12.9. The predicted molar refractivity (Wildman–Crippen MR) is 110 cm³/mol. The van der Waals surface area contributed by atoms with Crippen molar-refractivity contribution in [2.75, 3.05) is 0 Å². The Morgan fingerprint density at radius 3 is 1.92 bits per heavy atom. The average molecular weight is 331 g/mol. The van der Waals surface area contributed by atoms with Gasteiger partial charge in [0, 0.05) is 16.3 Å². The second-order valence-electron chi connectivity index (χ2n) is 6.47. The Kier molecular flexibility index (Phi) is 3.50. The lowest BCUT2D eigenvalue weighted by Crippen LogP contribution is -1.91. The number of hydrogen-bond donors (Lipinski definition) is 0. The molecule has 0 aliphatic rings. The zero-order valence-corrected chi connectivity index (χ0v) is 14.3. The van der Waals surface area contributed by atoms with E-state index in [9.17, 15) is 0 Å². The normalized spacial score (nSPS) is 11.1. The minimum absolute atomic E-state index is 1.01. The molecule has 1 heteroatoms. The van der Waals surface area contributed by atoms with E-state index in [1.165, 1.54) is 27.3 Å². The van der Waals surface area contributed by atoms with Crippen molar-refractivity contribution >= 4 is 21.7 Å². The van der Waals surface area contributed by atoms with Crippen LogP contribution in [0.15, 0.2) is 103 Å². The molecule has 1 heterocycles. The molecule has 0 spiro atoms. The first-order valence-electron chi connectivity index (χ1n) is 8.83. The van der Waals surface area contributed by atoms with Crippen LogP contribution in [-0.2, 0) is 0 Å². The lowest BCUT2D eigenvalue weighted by atomic mass is 9.96. The highest BCUT2D eigenvalue weighted by molar-refractivity contribution is 6.10. The lowest BCUT2D eigenvalue weighted by Gasteiger charge is -2.12. The van der Waals surface area contributed by atoms with Crippen LogP contribution in [0.25, 0.3) is 44.1 Å². The van der Waals surface area contributed by atoms with Gasteiger partial charge in [-0.2, -0.15) is 0 Å². The van der Waals surface area contributed by atoms with Crippen molar-refractivity contribution in [1.82, 2.24) is 4.98 Å². The van der Waals surface area contributed by atoms with Gasteiger partial charge in [-0.25, -0.2) is 4.98 Å². The maximum Gasteiger partial charge on any atom is 0.0794 e. The molecule has 122 valence electrons. The van der Waals surface area contributed by atoms with Gasteiger partial charge in [-0.05, 0) is 22.6 Å². The lowest BCUT2D eigenvalue weighted by molar-refractivity contribution is 1.41. The largest absolute Gasteiger partial charge is 0.247 e. The summed E-state index contributed by atoms with van der Waals surface area (Å²) in [6.07, 6.45) is 0. The standard InChI is InChI=1S/C25H17N/c1-3-9-18(10-4-1)23-17-24(20-12-5-2-6-13-20)26-25-21-14-8-7-11-19(21)15-16-22(23)25/h1-17H. The van der Waals surface area contributed by atoms with Gasteiger partial charge in [0.05, 0.1) is 11.2 Å². The molecule has 1 aromatic heterocycles. The maximum absolute atomic E-state index is 5.06. The number of pyridine rings is 1. The van der Waals surface area contributed by atoms with Crippen LogP contribution in [0.1, 0.15) is 0 Å². The van der Waals surface area contributed by atoms with Crippen LogP contribution in [-0.4, -0.2) is 4.98 Å². The zero-order chi connectivity index (χ0) is 17.3. The average Bonchev–Trinajstić information content (AvgIpc) is 2.74. The van der Waals surface area contributed by atoms with Gasteiger partial charge in [-0.1, -0.05) is 97.1 Å². The van der Waals surface area contributed by atoms with Gasteiger partial charge in [-0.3, -0.25) is 0 Å². The fourth-order valence-electron chi connectivity index (χ4n) is 3.57. The van der Waals surface area contributed by atoms with Crippen LogP contribution in [0.2, 0.25) is 0 Å². The molecular formula is C25H17N. The van der Waals surface area contributed by atoms with E-state index in [2.05, 4.69) is 97.1 Å². The van der Waals surface area contributed by atoms with Crippen molar-refractivity contribution in [2.24, 2.45) is 0 Å². The minimum Gasteiger partial charge on any atom is -0.247 e. The molecule has 0 saturated carbocycles. The summed E-state index contributed by atoms with van der Waals surface area (Å²) in [4.78, 5) is 5.06. The maximum atomic E-state index is 5.06. The van der Waals surface area contributed by atoms with E-state index >= 15 is 0 Å². The molecule has 0 bridgehead atoms. The van der Waals surface area contributed by atoms with Crippen molar-refractivity contribution in [3.8, 4) is 22.4 Å². The summed E-state index contributed by atoms with van der Waals surface area (Å²) in [6.45, 7) is 0. The molecule has 0 atom stereocenters. The molecule has 5 aromatic rings. The quantitative estimate of drug-likeness (QED) is 0.327. The Hall–Kier alpha value is -3.45. The molecule has 0 N–H and O–H groups in total. The number of fused-ring (bicyclic) bond motifs is 3. The summed E-state index contributed by atoms with van der Waals surface area (Å²) >= 11 is 0. The molecule has 26 heavy (non-hydrogen) atoms. The van der Waals surface area contributed by atoms with Crippen LogP contribution in [0.5, 0.6) is 0 Å². The fourth-order valence-corrected chi connectivity index (χ4v) is 3.57. The van der Waals surface area contributed by atoms with Crippen LogP contribution >= 0.6 is 0 Å². The molecular weight excluding hydrogens is 314 g/mol. The minimum atomic E-state index is 1.01. The summed E-state index contributed by atoms with van der Waals surface area (Å²) < 4.78 is 0. The fraction of sp³-hybridized carbons (Fsp3) is 0. The number of aromatic nitrogens is 1. The van der Waals surface area contributed by atoms with Crippen molar-refractivity contribution < 1.29 is 0 Å². The summed E-state index contributed by atoms with van der Waals surface area (Å²) in [5.41, 5.74) is 5.64. The van der Waals surface area contributed by atoms with Crippen molar-refractivity contribution in [3.63, 3.8) is 0 Å². The Morgan fingerprint density at radius 2 is 1.15 bits per heavy atom. The number of rotatable bonds is 2. The highest BCUT2D eigenvalue weighted by Crippen LogP contribution is 2.35. The summed E-state index contributed by atoms with van der Waals surface area (Å²) in [6, 6.07) is 36.0. The third-order valence-electron chi connectivity index (χ3n) is 4.86. The molecule has 0 unspecified atom stereocenters. The van der Waals surface area contributed by atoms with Gasteiger partial charge >= 0.3 is 0 Å². The Bertz CT molecular complexity index is 1210.